The molecule has 0 fully saturated rings. The van der Waals surface area contributed by atoms with Crippen LogP contribution < -0.4 is 5.73 Å². The molecule has 5 nitrogen and oxygen atoms in total. The molecule has 96 valence electrons. The van der Waals surface area contributed by atoms with Gasteiger partial charge in [-0.1, -0.05) is 25.4 Å². The Bertz CT molecular complexity index is 532. The predicted molar refractivity (Wildman–Crippen MR) is 70.8 cm³/mol. The number of rotatable bonds is 4. The fourth-order valence-corrected chi connectivity index (χ4v) is 2.13. The second-order valence-electron chi connectivity index (χ2n) is 3.91. The fourth-order valence-electron chi connectivity index (χ4n) is 2.03. The second-order valence-corrected chi connectivity index (χ2v) is 4.30. The van der Waals surface area contributed by atoms with Crippen molar-refractivity contribution in [2.24, 2.45) is 5.73 Å². The van der Waals surface area contributed by atoms with E-state index in [4.69, 9.17) is 17.3 Å². The number of aromatic nitrogens is 4. The number of aryl methyl sites for hydroxylation is 1. The van der Waals surface area contributed by atoms with Crippen molar-refractivity contribution in [2.45, 2.75) is 33.2 Å². The molecule has 0 saturated carbocycles. The Hall–Kier alpha value is -1.46. The maximum absolute atomic E-state index is 5.81. The minimum Gasteiger partial charge on any atom is -0.326 e. The van der Waals surface area contributed by atoms with Gasteiger partial charge in [0.1, 0.15) is 0 Å². The lowest BCUT2D eigenvalue weighted by molar-refractivity contribution is 0.753. The van der Waals surface area contributed by atoms with Crippen LogP contribution in [0.1, 0.15) is 30.8 Å². The highest BCUT2D eigenvalue weighted by atomic mass is 35.5. The van der Waals surface area contributed by atoms with Crippen molar-refractivity contribution in [1.29, 1.82) is 0 Å². The summed E-state index contributed by atoms with van der Waals surface area (Å²) in [5.74, 6) is 0.672. The molecular weight excluding hydrogens is 250 g/mol. The first-order valence-corrected chi connectivity index (χ1v) is 6.38. The summed E-state index contributed by atoms with van der Waals surface area (Å²) in [5, 5.41) is 12.8. The minimum absolute atomic E-state index is 0.374. The van der Waals surface area contributed by atoms with Crippen LogP contribution in [0.25, 0.3) is 5.82 Å². The Kier molecular flexibility index (Phi) is 3.93. The molecule has 0 saturated heterocycles. The van der Waals surface area contributed by atoms with Gasteiger partial charge in [0, 0.05) is 12.1 Å². The zero-order chi connectivity index (χ0) is 13.1. The molecule has 0 bridgehead atoms. The van der Waals surface area contributed by atoms with Crippen LogP contribution in [0.3, 0.4) is 0 Å². The summed E-state index contributed by atoms with van der Waals surface area (Å²) in [4.78, 5) is 0. The van der Waals surface area contributed by atoms with Crippen LogP contribution in [0.5, 0.6) is 0 Å². The van der Waals surface area contributed by atoms with Gasteiger partial charge in [-0.3, -0.25) is 0 Å². The Morgan fingerprint density at radius 3 is 2.50 bits per heavy atom. The molecule has 2 rings (SSSR count). The van der Waals surface area contributed by atoms with Gasteiger partial charge in [0.2, 0.25) is 0 Å². The number of nitrogens with two attached hydrogens (primary N) is 1. The number of hydrogen-bond acceptors (Lipinski definition) is 4. The van der Waals surface area contributed by atoms with Crippen LogP contribution in [0, 0.1) is 0 Å². The standard InChI is InChI=1S/C12H16ClN5/c1-3-9-8(7-14)10(4-2)18(17-9)12-6-5-11(13)15-16-12/h5-6H,3-4,7,14H2,1-2H3. The molecule has 0 aliphatic heterocycles. The van der Waals surface area contributed by atoms with E-state index in [1.165, 1.54) is 0 Å². The number of halogens is 1. The highest BCUT2D eigenvalue weighted by Crippen LogP contribution is 2.19. The van der Waals surface area contributed by atoms with Crippen molar-refractivity contribution in [3.05, 3.63) is 34.2 Å². The number of nitrogens with zero attached hydrogens (tertiary/aromatic N) is 4. The van der Waals surface area contributed by atoms with Gasteiger partial charge in [0.15, 0.2) is 11.0 Å². The Balaban J connectivity index is 2.56. The van der Waals surface area contributed by atoms with Crippen molar-refractivity contribution in [2.75, 3.05) is 0 Å². The van der Waals surface area contributed by atoms with Gasteiger partial charge in [-0.15, -0.1) is 10.2 Å². The van der Waals surface area contributed by atoms with Gasteiger partial charge in [-0.2, -0.15) is 5.10 Å². The molecule has 0 amide bonds. The second kappa shape index (κ2) is 5.46. The van der Waals surface area contributed by atoms with E-state index in [9.17, 15) is 0 Å². The molecule has 2 aromatic rings. The van der Waals surface area contributed by atoms with Crippen molar-refractivity contribution in [3.63, 3.8) is 0 Å². The SMILES string of the molecule is CCc1nn(-c2ccc(Cl)nn2)c(CC)c1CN. The van der Waals surface area contributed by atoms with Crippen LogP contribution in [0.15, 0.2) is 12.1 Å². The Morgan fingerprint density at radius 2 is 2.00 bits per heavy atom. The van der Waals surface area contributed by atoms with Gasteiger partial charge in [0.05, 0.1) is 11.4 Å². The third-order valence-electron chi connectivity index (χ3n) is 2.88. The van der Waals surface area contributed by atoms with Crippen LogP contribution in [0.4, 0.5) is 0 Å². The van der Waals surface area contributed by atoms with Crippen LogP contribution >= 0.6 is 11.6 Å². The third-order valence-corrected chi connectivity index (χ3v) is 3.08. The van der Waals surface area contributed by atoms with E-state index in [0.29, 0.717) is 17.5 Å². The van der Waals surface area contributed by atoms with Crippen molar-refractivity contribution < 1.29 is 0 Å². The average Bonchev–Trinajstić information content (AvgIpc) is 2.77. The first kappa shape index (κ1) is 13.0. The van der Waals surface area contributed by atoms with Crippen molar-refractivity contribution >= 4 is 11.6 Å². The van der Waals surface area contributed by atoms with Gasteiger partial charge in [0.25, 0.3) is 0 Å². The normalized spacial score (nSPS) is 10.9. The van der Waals surface area contributed by atoms with E-state index in [0.717, 1.165) is 29.8 Å². The Labute approximate surface area is 111 Å². The summed E-state index contributed by atoms with van der Waals surface area (Å²) >= 11 is 5.74. The monoisotopic (exact) mass is 265 g/mol. The van der Waals surface area contributed by atoms with Crippen LogP contribution in [-0.2, 0) is 19.4 Å². The van der Waals surface area contributed by atoms with E-state index < -0.39 is 0 Å². The highest BCUT2D eigenvalue weighted by Gasteiger charge is 2.16. The highest BCUT2D eigenvalue weighted by molar-refractivity contribution is 6.29. The van der Waals surface area contributed by atoms with Gasteiger partial charge in [-0.25, -0.2) is 4.68 Å². The number of hydrogen-bond donors (Lipinski definition) is 1. The maximum atomic E-state index is 5.81. The molecule has 2 aromatic heterocycles. The topological polar surface area (TPSA) is 69.6 Å². The lowest BCUT2D eigenvalue weighted by Gasteiger charge is -2.05. The van der Waals surface area contributed by atoms with Crippen molar-refractivity contribution in [3.8, 4) is 5.82 Å². The van der Waals surface area contributed by atoms with Gasteiger partial charge >= 0.3 is 0 Å². The smallest absolute Gasteiger partial charge is 0.176 e. The maximum Gasteiger partial charge on any atom is 0.176 e. The molecule has 0 spiro atoms. The molecule has 6 heteroatoms. The molecule has 0 aliphatic rings. The molecule has 0 aliphatic carbocycles. The summed E-state index contributed by atoms with van der Waals surface area (Å²) in [7, 11) is 0. The average molecular weight is 266 g/mol. The molecule has 0 radical (unpaired) electrons. The largest absolute Gasteiger partial charge is 0.326 e. The summed E-state index contributed by atoms with van der Waals surface area (Å²) in [6.45, 7) is 4.64. The lowest BCUT2D eigenvalue weighted by Crippen LogP contribution is -2.07. The molecular formula is C12H16ClN5. The molecule has 2 heterocycles. The molecule has 18 heavy (non-hydrogen) atoms. The van der Waals surface area contributed by atoms with Gasteiger partial charge < -0.3 is 5.73 Å². The minimum atomic E-state index is 0.374. The first-order chi connectivity index (χ1) is 8.71. The summed E-state index contributed by atoms with van der Waals surface area (Å²) < 4.78 is 1.81. The fraction of sp³-hybridized carbons (Fsp3) is 0.417. The van der Waals surface area contributed by atoms with E-state index in [-0.39, 0.29) is 0 Å². The van der Waals surface area contributed by atoms with Crippen LogP contribution in [-0.4, -0.2) is 20.0 Å². The molecule has 0 aromatic carbocycles. The summed E-state index contributed by atoms with van der Waals surface area (Å²) in [6.07, 6.45) is 1.71. The molecule has 2 N–H and O–H groups in total. The zero-order valence-electron chi connectivity index (χ0n) is 10.5. The molecule has 0 unspecified atom stereocenters. The van der Waals surface area contributed by atoms with Crippen LogP contribution in [0.2, 0.25) is 5.15 Å². The van der Waals surface area contributed by atoms with E-state index in [2.05, 4.69) is 29.1 Å². The van der Waals surface area contributed by atoms with Crippen molar-refractivity contribution in [1.82, 2.24) is 20.0 Å². The summed E-state index contributed by atoms with van der Waals surface area (Å²) in [6, 6.07) is 3.51. The van der Waals surface area contributed by atoms with E-state index in [1.807, 2.05) is 4.68 Å². The summed E-state index contributed by atoms with van der Waals surface area (Å²) in [5.41, 5.74) is 9.02. The van der Waals surface area contributed by atoms with Gasteiger partial charge in [-0.05, 0) is 25.0 Å². The first-order valence-electron chi connectivity index (χ1n) is 6.00. The molecule has 0 atom stereocenters. The quantitative estimate of drug-likeness (QED) is 0.917. The Morgan fingerprint density at radius 1 is 1.22 bits per heavy atom. The zero-order valence-corrected chi connectivity index (χ0v) is 11.3. The lowest BCUT2D eigenvalue weighted by atomic mass is 10.1. The third kappa shape index (κ3) is 2.23. The van der Waals surface area contributed by atoms with E-state index >= 15 is 0 Å². The predicted octanol–water partition coefficient (Wildman–Crippen LogP) is 1.90. The van der Waals surface area contributed by atoms with E-state index in [1.54, 1.807) is 12.1 Å².